The highest BCUT2D eigenvalue weighted by molar-refractivity contribution is 7.89. The molecule has 0 aromatic heterocycles. The van der Waals surface area contributed by atoms with Gasteiger partial charge in [-0.2, -0.15) is 4.31 Å². The fourth-order valence-electron chi connectivity index (χ4n) is 3.95. The Labute approximate surface area is 173 Å². The lowest BCUT2D eigenvalue weighted by Crippen LogP contribution is -2.45. The fourth-order valence-corrected chi connectivity index (χ4v) is 5.42. The van der Waals surface area contributed by atoms with Gasteiger partial charge in [-0.05, 0) is 23.3 Å². The van der Waals surface area contributed by atoms with Crippen LogP contribution in [0.5, 0.6) is 0 Å². The van der Waals surface area contributed by atoms with Crippen molar-refractivity contribution < 1.29 is 13.2 Å². The van der Waals surface area contributed by atoms with Crippen molar-refractivity contribution in [2.75, 3.05) is 52.5 Å². The Bertz CT molecular complexity index is 891. The quantitative estimate of drug-likeness (QED) is 0.723. The Morgan fingerprint density at radius 3 is 1.97 bits per heavy atom. The zero-order valence-electron chi connectivity index (χ0n) is 16.7. The van der Waals surface area contributed by atoms with Gasteiger partial charge in [0, 0.05) is 52.4 Å². The zero-order valence-corrected chi connectivity index (χ0v) is 17.6. The first-order valence-corrected chi connectivity index (χ1v) is 11.7. The summed E-state index contributed by atoms with van der Waals surface area (Å²) in [5.74, 6) is 0. The highest BCUT2D eigenvalue weighted by Gasteiger charge is 2.26. The number of piperazine rings is 1. The molecule has 0 amide bonds. The van der Waals surface area contributed by atoms with Gasteiger partial charge in [0.05, 0.1) is 18.1 Å². The molecular weight excluding hydrogens is 386 g/mol. The van der Waals surface area contributed by atoms with E-state index in [0.717, 1.165) is 44.8 Å². The largest absolute Gasteiger partial charge is 0.379 e. The summed E-state index contributed by atoms with van der Waals surface area (Å²) in [6.07, 6.45) is 0. The van der Waals surface area contributed by atoms with Crippen molar-refractivity contribution in [3.8, 4) is 0 Å². The topological polar surface area (TPSA) is 53.1 Å². The van der Waals surface area contributed by atoms with E-state index in [2.05, 4.69) is 40.1 Å². The van der Waals surface area contributed by atoms with Gasteiger partial charge in [0.2, 0.25) is 10.0 Å². The summed E-state index contributed by atoms with van der Waals surface area (Å²) in [6, 6.07) is 18.0. The van der Waals surface area contributed by atoms with Crippen LogP contribution >= 0.6 is 0 Å². The van der Waals surface area contributed by atoms with Gasteiger partial charge in [-0.15, -0.1) is 0 Å². The first-order valence-electron chi connectivity index (χ1n) is 10.3. The Hall–Kier alpha value is -1.77. The number of benzene rings is 2. The maximum Gasteiger partial charge on any atom is 0.243 e. The average Bonchev–Trinajstić information content (AvgIpc) is 2.77. The average molecular weight is 416 g/mol. The Morgan fingerprint density at radius 1 is 0.724 bits per heavy atom. The summed E-state index contributed by atoms with van der Waals surface area (Å²) in [4.78, 5) is 5.27. The van der Waals surface area contributed by atoms with E-state index >= 15 is 0 Å². The number of morpholine rings is 1. The molecule has 0 N–H and O–H groups in total. The number of rotatable bonds is 6. The van der Waals surface area contributed by atoms with Gasteiger partial charge in [0.15, 0.2) is 0 Å². The summed E-state index contributed by atoms with van der Waals surface area (Å²) in [5.41, 5.74) is 2.40. The number of ether oxygens (including phenoxy) is 1. The molecule has 2 aromatic rings. The molecule has 7 heteroatoms. The van der Waals surface area contributed by atoms with E-state index in [4.69, 9.17) is 4.74 Å². The molecule has 29 heavy (non-hydrogen) atoms. The molecule has 0 aliphatic carbocycles. The van der Waals surface area contributed by atoms with Crippen LogP contribution in [0.15, 0.2) is 59.5 Å². The molecule has 0 radical (unpaired) electrons. The number of hydrogen-bond acceptors (Lipinski definition) is 5. The molecule has 156 valence electrons. The second-order valence-corrected chi connectivity index (χ2v) is 9.64. The van der Waals surface area contributed by atoms with Gasteiger partial charge in [-0.25, -0.2) is 8.42 Å². The molecular formula is C22H29N3O3S. The Balaban J connectivity index is 1.34. The van der Waals surface area contributed by atoms with Gasteiger partial charge in [0.25, 0.3) is 0 Å². The minimum absolute atomic E-state index is 0.389. The summed E-state index contributed by atoms with van der Waals surface area (Å²) in [7, 11) is -3.44. The lowest BCUT2D eigenvalue weighted by atomic mass is 10.1. The van der Waals surface area contributed by atoms with Crippen molar-refractivity contribution in [1.82, 2.24) is 14.1 Å². The van der Waals surface area contributed by atoms with Gasteiger partial charge >= 0.3 is 0 Å². The zero-order chi connectivity index (χ0) is 20.1. The van der Waals surface area contributed by atoms with Crippen LogP contribution in [-0.4, -0.2) is 75.0 Å². The van der Waals surface area contributed by atoms with Crippen molar-refractivity contribution >= 4 is 10.0 Å². The Morgan fingerprint density at radius 2 is 1.31 bits per heavy atom. The Kier molecular flexibility index (Phi) is 6.62. The molecule has 2 aliphatic heterocycles. The third-order valence-electron chi connectivity index (χ3n) is 5.63. The smallest absolute Gasteiger partial charge is 0.243 e. The van der Waals surface area contributed by atoms with Crippen LogP contribution in [0.4, 0.5) is 0 Å². The molecule has 4 rings (SSSR count). The van der Waals surface area contributed by atoms with E-state index in [1.807, 2.05) is 18.2 Å². The van der Waals surface area contributed by atoms with Crippen LogP contribution in [0.3, 0.4) is 0 Å². The molecule has 2 aliphatic rings. The lowest BCUT2D eigenvalue weighted by molar-refractivity contribution is 0.0730. The SMILES string of the molecule is O=S(=O)(c1cccc(CN2CCN(Cc3ccccc3)CC2)c1)N1CCOCC1. The van der Waals surface area contributed by atoms with E-state index in [1.54, 1.807) is 6.07 Å². The predicted molar refractivity (Wildman–Crippen MR) is 113 cm³/mol. The number of hydrogen-bond donors (Lipinski definition) is 0. The van der Waals surface area contributed by atoms with Crippen molar-refractivity contribution in [2.45, 2.75) is 18.0 Å². The molecule has 0 atom stereocenters. The van der Waals surface area contributed by atoms with Crippen LogP contribution < -0.4 is 0 Å². The second kappa shape index (κ2) is 9.36. The van der Waals surface area contributed by atoms with Crippen molar-refractivity contribution in [3.63, 3.8) is 0 Å². The van der Waals surface area contributed by atoms with Gasteiger partial charge in [0.1, 0.15) is 0 Å². The standard InChI is InChI=1S/C22H29N3O3S/c26-29(27,25-13-15-28-16-14-25)22-8-4-7-21(17-22)19-24-11-9-23(10-12-24)18-20-5-2-1-3-6-20/h1-8,17H,9-16,18-19H2. The van der Waals surface area contributed by atoms with E-state index in [-0.39, 0.29) is 0 Å². The molecule has 2 heterocycles. The number of nitrogens with zero attached hydrogens (tertiary/aromatic N) is 3. The summed E-state index contributed by atoms with van der Waals surface area (Å²) in [6.45, 7) is 7.60. The van der Waals surface area contributed by atoms with Crippen LogP contribution in [0, 0.1) is 0 Å². The molecule has 2 aromatic carbocycles. The van der Waals surface area contributed by atoms with Gasteiger partial charge in [-0.1, -0.05) is 42.5 Å². The van der Waals surface area contributed by atoms with E-state index in [9.17, 15) is 8.42 Å². The molecule has 0 unspecified atom stereocenters. The molecule has 0 spiro atoms. The number of sulfonamides is 1. The van der Waals surface area contributed by atoms with E-state index in [1.165, 1.54) is 9.87 Å². The molecule has 2 fully saturated rings. The minimum atomic E-state index is -3.44. The third kappa shape index (κ3) is 5.24. The van der Waals surface area contributed by atoms with Crippen LogP contribution in [0.25, 0.3) is 0 Å². The highest BCUT2D eigenvalue weighted by Crippen LogP contribution is 2.20. The van der Waals surface area contributed by atoms with Crippen LogP contribution in [0.2, 0.25) is 0 Å². The summed E-state index contributed by atoms with van der Waals surface area (Å²) < 4.78 is 32.6. The minimum Gasteiger partial charge on any atom is -0.379 e. The third-order valence-corrected chi connectivity index (χ3v) is 7.52. The van der Waals surface area contributed by atoms with Crippen molar-refractivity contribution in [2.24, 2.45) is 0 Å². The molecule has 0 saturated carbocycles. The van der Waals surface area contributed by atoms with Crippen molar-refractivity contribution in [3.05, 3.63) is 65.7 Å². The maximum absolute atomic E-state index is 12.9. The first-order chi connectivity index (χ1) is 14.1. The fraction of sp³-hybridized carbons (Fsp3) is 0.455. The van der Waals surface area contributed by atoms with E-state index in [0.29, 0.717) is 31.2 Å². The van der Waals surface area contributed by atoms with Gasteiger partial charge < -0.3 is 4.74 Å². The lowest BCUT2D eigenvalue weighted by Gasteiger charge is -2.34. The molecule has 0 bridgehead atoms. The molecule has 2 saturated heterocycles. The van der Waals surface area contributed by atoms with Gasteiger partial charge in [-0.3, -0.25) is 9.80 Å². The van der Waals surface area contributed by atoms with Crippen LogP contribution in [-0.2, 0) is 27.8 Å². The monoisotopic (exact) mass is 415 g/mol. The molecule has 6 nitrogen and oxygen atoms in total. The predicted octanol–water partition coefficient (Wildman–Crippen LogP) is 2.03. The summed E-state index contributed by atoms with van der Waals surface area (Å²) >= 11 is 0. The maximum atomic E-state index is 12.9. The second-order valence-electron chi connectivity index (χ2n) is 7.70. The first kappa shape index (κ1) is 20.5. The summed E-state index contributed by atoms with van der Waals surface area (Å²) in [5, 5.41) is 0. The highest BCUT2D eigenvalue weighted by atomic mass is 32.2. The van der Waals surface area contributed by atoms with E-state index < -0.39 is 10.0 Å². The normalized spacial score (nSPS) is 20.0. The van der Waals surface area contributed by atoms with Crippen molar-refractivity contribution in [1.29, 1.82) is 0 Å². The van der Waals surface area contributed by atoms with Crippen LogP contribution in [0.1, 0.15) is 11.1 Å².